The molecule has 0 amide bonds. The Morgan fingerprint density at radius 1 is 1.21 bits per heavy atom. The SMILES string of the molecule is COn1c(-c2ccc(OCc3ccc(C)cc3)c(C#N)c2)nc(C)c1C(=O)O. The molecule has 0 aliphatic heterocycles. The molecule has 3 aromatic rings. The van der Waals surface area contributed by atoms with E-state index in [-0.39, 0.29) is 5.69 Å². The summed E-state index contributed by atoms with van der Waals surface area (Å²) in [6.07, 6.45) is 0. The number of aromatic carboxylic acids is 1. The first kappa shape index (κ1) is 19.0. The van der Waals surface area contributed by atoms with Gasteiger partial charge in [-0.1, -0.05) is 29.8 Å². The summed E-state index contributed by atoms with van der Waals surface area (Å²) in [6.45, 7) is 3.94. The summed E-state index contributed by atoms with van der Waals surface area (Å²) in [6, 6.07) is 15.1. The van der Waals surface area contributed by atoms with Crippen LogP contribution in [0.4, 0.5) is 0 Å². The number of benzene rings is 2. The summed E-state index contributed by atoms with van der Waals surface area (Å²) in [7, 11) is 1.36. The smallest absolute Gasteiger partial charge is 0.357 e. The van der Waals surface area contributed by atoms with Crippen molar-refractivity contribution in [1.29, 1.82) is 5.26 Å². The first-order valence-corrected chi connectivity index (χ1v) is 8.54. The molecule has 0 saturated carbocycles. The van der Waals surface area contributed by atoms with Gasteiger partial charge in [-0.2, -0.15) is 9.99 Å². The highest BCUT2D eigenvalue weighted by atomic mass is 16.6. The molecule has 0 unspecified atom stereocenters. The highest BCUT2D eigenvalue weighted by Crippen LogP contribution is 2.28. The lowest BCUT2D eigenvalue weighted by Crippen LogP contribution is -2.15. The highest BCUT2D eigenvalue weighted by molar-refractivity contribution is 5.88. The average molecular weight is 377 g/mol. The number of ether oxygens (including phenoxy) is 1. The van der Waals surface area contributed by atoms with Crippen molar-refractivity contribution in [3.8, 4) is 23.2 Å². The molecule has 0 atom stereocenters. The minimum Gasteiger partial charge on any atom is -0.488 e. The molecule has 1 N–H and O–H groups in total. The molecule has 28 heavy (non-hydrogen) atoms. The summed E-state index contributed by atoms with van der Waals surface area (Å²) in [5.74, 6) is -0.395. The summed E-state index contributed by atoms with van der Waals surface area (Å²) >= 11 is 0. The number of rotatable bonds is 6. The van der Waals surface area contributed by atoms with Gasteiger partial charge in [0.15, 0.2) is 11.5 Å². The zero-order valence-corrected chi connectivity index (χ0v) is 15.8. The predicted octanol–water partition coefficient (Wildman–Crippen LogP) is 3.37. The van der Waals surface area contributed by atoms with Crippen molar-refractivity contribution in [2.24, 2.45) is 0 Å². The zero-order chi connectivity index (χ0) is 20.3. The van der Waals surface area contributed by atoms with Crippen molar-refractivity contribution < 1.29 is 19.5 Å². The zero-order valence-electron chi connectivity index (χ0n) is 15.8. The van der Waals surface area contributed by atoms with Crippen molar-refractivity contribution in [2.75, 3.05) is 7.11 Å². The van der Waals surface area contributed by atoms with Gasteiger partial charge in [0.25, 0.3) is 0 Å². The van der Waals surface area contributed by atoms with Crippen LogP contribution in [0.15, 0.2) is 42.5 Å². The summed E-state index contributed by atoms with van der Waals surface area (Å²) in [4.78, 5) is 20.9. The third-order valence-electron chi connectivity index (χ3n) is 4.27. The van der Waals surface area contributed by atoms with E-state index in [1.807, 2.05) is 31.2 Å². The van der Waals surface area contributed by atoms with Crippen molar-refractivity contribution in [2.45, 2.75) is 20.5 Å². The van der Waals surface area contributed by atoms with Crippen LogP contribution in [0.2, 0.25) is 0 Å². The van der Waals surface area contributed by atoms with Gasteiger partial charge >= 0.3 is 5.97 Å². The summed E-state index contributed by atoms with van der Waals surface area (Å²) < 4.78 is 6.93. The maximum Gasteiger partial charge on any atom is 0.357 e. The minimum atomic E-state index is -1.14. The number of nitriles is 1. The van der Waals surface area contributed by atoms with Crippen LogP contribution in [-0.2, 0) is 6.61 Å². The topological polar surface area (TPSA) is 97.4 Å². The lowest BCUT2D eigenvalue weighted by molar-refractivity contribution is 0.0640. The van der Waals surface area contributed by atoms with Gasteiger partial charge in [0.2, 0.25) is 0 Å². The number of carboxylic acids is 1. The Balaban J connectivity index is 1.92. The van der Waals surface area contributed by atoms with Crippen LogP contribution in [0.3, 0.4) is 0 Å². The molecule has 1 aromatic heterocycles. The molecule has 0 aliphatic carbocycles. The molecule has 0 spiro atoms. The minimum absolute atomic E-state index is 0.0595. The van der Waals surface area contributed by atoms with Gasteiger partial charge in [-0.05, 0) is 37.6 Å². The molecular formula is C21H19N3O4. The van der Waals surface area contributed by atoms with Crippen LogP contribution in [0.25, 0.3) is 11.4 Å². The van der Waals surface area contributed by atoms with E-state index in [9.17, 15) is 15.2 Å². The molecule has 3 rings (SSSR count). The van der Waals surface area contributed by atoms with Crippen LogP contribution in [0, 0.1) is 25.2 Å². The lowest BCUT2D eigenvalue weighted by Gasteiger charge is -2.11. The second-order valence-corrected chi connectivity index (χ2v) is 6.25. The molecule has 0 aliphatic rings. The summed E-state index contributed by atoms with van der Waals surface area (Å²) in [5.41, 5.74) is 3.30. The number of aryl methyl sites for hydroxylation is 2. The number of nitrogens with zero attached hydrogens (tertiary/aromatic N) is 3. The van der Waals surface area contributed by atoms with Gasteiger partial charge in [-0.15, -0.1) is 0 Å². The monoisotopic (exact) mass is 377 g/mol. The molecule has 0 bridgehead atoms. The molecule has 142 valence electrons. The first-order chi connectivity index (χ1) is 13.4. The Labute approximate surface area is 162 Å². The van der Waals surface area contributed by atoms with Crippen molar-refractivity contribution >= 4 is 5.97 Å². The van der Waals surface area contributed by atoms with Crippen LogP contribution < -0.4 is 9.57 Å². The molecule has 0 radical (unpaired) electrons. The van der Waals surface area contributed by atoms with E-state index in [4.69, 9.17) is 9.57 Å². The van der Waals surface area contributed by atoms with Gasteiger partial charge in [0.1, 0.15) is 25.5 Å². The lowest BCUT2D eigenvalue weighted by atomic mass is 10.1. The van der Waals surface area contributed by atoms with E-state index in [2.05, 4.69) is 11.1 Å². The Hall–Kier alpha value is -3.79. The van der Waals surface area contributed by atoms with E-state index >= 15 is 0 Å². The molecule has 0 saturated heterocycles. The largest absolute Gasteiger partial charge is 0.488 e. The summed E-state index contributed by atoms with van der Waals surface area (Å²) in [5, 5.41) is 18.9. The van der Waals surface area contributed by atoms with Crippen molar-refractivity contribution in [3.05, 3.63) is 70.5 Å². The van der Waals surface area contributed by atoms with Crippen LogP contribution in [0.5, 0.6) is 5.75 Å². The Morgan fingerprint density at radius 3 is 2.54 bits per heavy atom. The number of hydrogen-bond acceptors (Lipinski definition) is 5. The molecule has 7 heteroatoms. The molecule has 2 aromatic carbocycles. The fraction of sp³-hybridized carbons (Fsp3) is 0.190. The van der Waals surface area contributed by atoms with Gasteiger partial charge in [0, 0.05) is 5.56 Å². The second kappa shape index (κ2) is 7.84. The van der Waals surface area contributed by atoms with Crippen LogP contribution in [0.1, 0.15) is 32.9 Å². The maximum atomic E-state index is 11.5. The van der Waals surface area contributed by atoms with E-state index < -0.39 is 5.97 Å². The standard InChI is InChI=1S/C21H19N3O4/c1-13-4-6-15(7-5-13)12-28-18-9-8-16(10-17(18)11-22)20-23-14(2)19(21(25)26)24(20)27-3/h4-10H,12H2,1-3H3,(H,25,26). The third kappa shape index (κ3) is 3.67. The highest BCUT2D eigenvalue weighted by Gasteiger charge is 2.22. The van der Waals surface area contributed by atoms with Crippen LogP contribution in [-0.4, -0.2) is 27.9 Å². The average Bonchev–Trinajstić information content (AvgIpc) is 3.04. The predicted molar refractivity (Wildman–Crippen MR) is 102 cm³/mol. The van der Waals surface area contributed by atoms with Gasteiger partial charge < -0.3 is 14.7 Å². The molecule has 0 fully saturated rings. The number of carbonyl (C=O) groups is 1. The third-order valence-corrected chi connectivity index (χ3v) is 4.27. The van der Waals surface area contributed by atoms with Gasteiger partial charge in [-0.3, -0.25) is 0 Å². The second-order valence-electron chi connectivity index (χ2n) is 6.25. The number of hydrogen-bond donors (Lipinski definition) is 1. The number of imidazole rings is 1. The molecular weight excluding hydrogens is 358 g/mol. The fourth-order valence-electron chi connectivity index (χ4n) is 2.84. The Morgan fingerprint density at radius 2 is 1.93 bits per heavy atom. The van der Waals surface area contributed by atoms with E-state index in [0.29, 0.717) is 35.0 Å². The Bertz CT molecular complexity index is 1060. The van der Waals surface area contributed by atoms with Gasteiger partial charge in [-0.25, -0.2) is 9.78 Å². The molecule has 1 heterocycles. The maximum absolute atomic E-state index is 11.5. The fourth-order valence-corrected chi connectivity index (χ4v) is 2.84. The van der Waals surface area contributed by atoms with E-state index in [1.165, 1.54) is 7.11 Å². The normalized spacial score (nSPS) is 10.4. The quantitative estimate of drug-likeness (QED) is 0.707. The van der Waals surface area contributed by atoms with Crippen molar-refractivity contribution in [3.63, 3.8) is 0 Å². The van der Waals surface area contributed by atoms with E-state index in [0.717, 1.165) is 15.9 Å². The molecule has 7 nitrogen and oxygen atoms in total. The van der Waals surface area contributed by atoms with Crippen LogP contribution >= 0.6 is 0 Å². The first-order valence-electron chi connectivity index (χ1n) is 8.54. The number of aromatic nitrogens is 2. The van der Waals surface area contributed by atoms with Crippen molar-refractivity contribution in [1.82, 2.24) is 9.71 Å². The number of carboxylic acid groups (broad SMARTS) is 1. The van der Waals surface area contributed by atoms with Gasteiger partial charge in [0.05, 0.1) is 11.3 Å². The van der Waals surface area contributed by atoms with E-state index in [1.54, 1.807) is 25.1 Å². The Kier molecular flexibility index (Phi) is 5.32.